The van der Waals surface area contributed by atoms with Crippen LogP contribution in [0.25, 0.3) is 0 Å². The summed E-state index contributed by atoms with van der Waals surface area (Å²) in [4.78, 5) is 9.09. The molecule has 0 saturated heterocycles. The molecule has 0 amide bonds. The fourth-order valence-electron chi connectivity index (χ4n) is 2.43. The monoisotopic (exact) mass is 322 g/mol. The first-order valence-electron chi connectivity index (χ1n) is 7.48. The Morgan fingerprint density at radius 2 is 2.18 bits per heavy atom. The van der Waals surface area contributed by atoms with E-state index in [2.05, 4.69) is 45.5 Å². The van der Waals surface area contributed by atoms with E-state index in [1.54, 1.807) is 7.11 Å². The number of aromatic nitrogens is 5. The van der Waals surface area contributed by atoms with Gasteiger partial charge in [-0.2, -0.15) is 9.47 Å². The summed E-state index contributed by atoms with van der Waals surface area (Å²) in [6.45, 7) is 7.63. The van der Waals surface area contributed by atoms with Crippen LogP contribution in [-0.2, 0) is 29.7 Å². The predicted octanol–water partition coefficient (Wildman–Crippen LogP) is 2.00. The summed E-state index contributed by atoms with van der Waals surface area (Å²) in [5.41, 5.74) is -0.0167. The molecule has 0 aliphatic carbocycles. The lowest BCUT2D eigenvalue weighted by atomic mass is 9.96. The smallest absolute Gasteiger partial charge is 0.202 e. The average molecular weight is 322 g/mol. The second-order valence-corrected chi connectivity index (χ2v) is 7.36. The highest BCUT2D eigenvalue weighted by molar-refractivity contribution is 7.09. The highest BCUT2D eigenvalue weighted by atomic mass is 32.1. The number of fused-ring (bicyclic) bond motifs is 1. The quantitative estimate of drug-likeness (QED) is 0.927. The SMILES string of the molecule is COCc1nc2n(n1)CC(Nc1nc(C(C)(C)C)ns1)CC2. The van der Waals surface area contributed by atoms with Gasteiger partial charge in [0.15, 0.2) is 5.82 Å². The number of nitrogens with one attached hydrogen (secondary N) is 1. The summed E-state index contributed by atoms with van der Waals surface area (Å²) >= 11 is 1.43. The van der Waals surface area contributed by atoms with Crippen molar-refractivity contribution in [1.82, 2.24) is 24.1 Å². The molecule has 1 aliphatic rings. The van der Waals surface area contributed by atoms with E-state index in [1.807, 2.05) is 4.68 Å². The average Bonchev–Trinajstić information content (AvgIpc) is 3.04. The van der Waals surface area contributed by atoms with Gasteiger partial charge in [0.05, 0.1) is 6.54 Å². The molecular formula is C14H22N6OS. The van der Waals surface area contributed by atoms with Crippen LogP contribution in [-0.4, -0.2) is 37.3 Å². The second-order valence-electron chi connectivity index (χ2n) is 6.61. The molecular weight excluding hydrogens is 300 g/mol. The maximum Gasteiger partial charge on any atom is 0.202 e. The summed E-state index contributed by atoms with van der Waals surface area (Å²) in [6, 6.07) is 0.311. The van der Waals surface area contributed by atoms with Crippen LogP contribution in [0.5, 0.6) is 0 Å². The molecule has 3 heterocycles. The lowest BCUT2D eigenvalue weighted by molar-refractivity contribution is 0.177. The molecule has 1 N–H and O–H groups in total. The van der Waals surface area contributed by atoms with Gasteiger partial charge in [-0.3, -0.25) is 0 Å². The Morgan fingerprint density at radius 3 is 2.86 bits per heavy atom. The molecule has 120 valence electrons. The lowest BCUT2D eigenvalue weighted by Gasteiger charge is -2.23. The summed E-state index contributed by atoms with van der Waals surface area (Å²) in [5, 5.41) is 8.85. The number of rotatable bonds is 4. The molecule has 0 fully saturated rings. The van der Waals surface area contributed by atoms with E-state index in [9.17, 15) is 0 Å². The van der Waals surface area contributed by atoms with Gasteiger partial charge < -0.3 is 10.1 Å². The van der Waals surface area contributed by atoms with Gasteiger partial charge in [-0.15, -0.1) is 0 Å². The van der Waals surface area contributed by atoms with Crippen molar-refractivity contribution < 1.29 is 4.74 Å². The minimum Gasteiger partial charge on any atom is -0.377 e. The van der Waals surface area contributed by atoms with Crippen molar-refractivity contribution in [2.45, 2.75) is 58.2 Å². The van der Waals surface area contributed by atoms with E-state index in [0.717, 1.165) is 42.0 Å². The third kappa shape index (κ3) is 3.27. The molecule has 7 nitrogen and oxygen atoms in total. The topological polar surface area (TPSA) is 77.8 Å². The lowest BCUT2D eigenvalue weighted by Crippen LogP contribution is -2.32. The molecule has 0 saturated carbocycles. The van der Waals surface area contributed by atoms with E-state index in [4.69, 9.17) is 4.74 Å². The van der Waals surface area contributed by atoms with Gasteiger partial charge in [-0.05, 0) is 6.42 Å². The number of anilines is 1. The molecule has 1 aliphatic heterocycles. The van der Waals surface area contributed by atoms with E-state index >= 15 is 0 Å². The Morgan fingerprint density at radius 1 is 1.36 bits per heavy atom. The number of hydrogen-bond acceptors (Lipinski definition) is 7. The van der Waals surface area contributed by atoms with Crippen molar-refractivity contribution in [2.24, 2.45) is 0 Å². The van der Waals surface area contributed by atoms with Gasteiger partial charge in [0.1, 0.15) is 18.3 Å². The third-order valence-electron chi connectivity index (χ3n) is 3.60. The van der Waals surface area contributed by atoms with Gasteiger partial charge in [-0.1, -0.05) is 20.8 Å². The van der Waals surface area contributed by atoms with Crippen molar-refractivity contribution >= 4 is 16.7 Å². The Bertz CT molecular complexity index is 644. The molecule has 2 aromatic rings. The molecule has 0 aromatic carbocycles. The molecule has 0 bridgehead atoms. The highest BCUT2D eigenvalue weighted by Crippen LogP contribution is 2.24. The molecule has 8 heteroatoms. The zero-order valence-corrected chi connectivity index (χ0v) is 14.3. The van der Waals surface area contributed by atoms with Crippen LogP contribution in [0.2, 0.25) is 0 Å². The van der Waals surface area contributed by atoms with Crippen LogP contribution >= 0.6 is 11.5 Å². The zero-order chi connectivity index (χ0) is 15.7. The molecule has 1 atom stereocenters. The first-order valence-corrected chi connectivity index (χ1v) is 8.25. The van der Waals surface area contributed by atoms with Crippen LogP contribution in [0, 0.1) is 0 Å². The normalized spacial score (nSPS) is 18.3. The molecule has 0 radical (unpaired) electrons. The molecule has 2 aromatic heterocycles. The van der Waals surface area contributed by atoms with Crippen molar-refractivity contribution in [3.8, 4) is 0 Å². The minimum atomic E-state index is -0.0167. The van der Waals surface area contributed by atoms with Crippen LogP contribution < -0.4 is 5.32 Å². The first kappa shape index (κ1) is 15.4. The Hall–Kier alpha value is -1.54. The van der Waals surface area contributed by atoms with E-state index in [-0.39, 0.29) is 5.41 Å². The molecule has 3 rings (SSSR count). The fraction of sp³-hybridized carbons (Fsp3) is 0.714. The Balaban J connectivity index is 1.66. The number of methoxy groups -OCH3 is 1. The number of ether oxygens (including phenoxy) is 1. The largest absolute Gasteiger partial charge is 0.377 e. The summed E-state index contributed by atoms with van der Waals surface area (Å²) < 4.78 is 11.5. The van der Waals surface area contributed by atoms with E-state index in [1.165, 1.54) is 11.5 Å². The predicted molar refractivity (Wildman–Crippen MR) is 85.1 cm³/mol. The van der Waals surface area contributed by atoms with Crippen molar-refractivity contribution in [3.63, 3.8) is 0 Å². The van der Waals surface area contributed by atoms with Crippen LogP contribution in [0.3, 0.4) is 0 Å². The van der Waals surface area contributed by atoms with Gasteiger partial charge in [0, 0.05) is 36.5 Å². The standard InChI is InChI=1S/C14H22N6OS/c1-14(2,3)12-17-13(22-19-12)15-9-5-6-11-16-10(8-21-4)18-20(11)7-9/h9H,5-8H2,1-4H3,(H,15,17,19). The molecule has 0 spiro atoms. The molecule has 1 unspecified atom stereocenters. The van der Waals surface area contributed by atoms with Crippen molar-refractivity contribution in [1.29, 1.82) is 0 Å². The number of hydrogen-bond donors (Lipinski definition) is 1. The molecule has 22 heavy (non-hydrogen) atoms. The summed E-state index contributed by atoms with van der Waals surface area (Å²) in [5.74, 6) is 2.68. The van der Waals surface area contributed by atoms with Gasteiger partial charge in [0.25, 0.3) is 0 Å². The summed E-state index contributed by atoms with van der Waals surface area (Å²) in [7, 11) is 1.66. The van der Waals surface area contributed by atoms with Crippen LogP contribution in [0.1, 0.15) is 44.7 Å². The van der Waals surface area contributed by atoms with Crippen LogP contribution in [0.4, 0.5) is 5.13 Å². The zero-order valence-electron chi connectivity index (χ0n) is 13.5. The maximum absolute atomic E-state index is 5.09. The maximum atomic E-state index is 5.09. The fourth-order valence-corrected chi connectivity index (χ4v) is 3.26. The van der Waals surface area contributed by atoms with Gasteiger partial charge in [-0.25, -0.2) is 14.6 Å². The summed E-state index contributed by atoms with van der Waals surface area (Å²) in [6.07, 6.45) is 1.94. The first-order chi connectivity index (χ1) is 10.5. The minimum absolute atomic E-state index is 0.0167. The van der Waals surface area contributed by atoms with Gasteiger partial charge >= 0.3 is 0 Å². The van der Waals surface area contributed by atoms with E-state index < -0.39 is 0 Å². The number of nitrogens with zero attached hydrogens (tertiary/aromatic N) is 5. The number of aryl methyl sites for hydroxylation is 1. The van der Waals surface area contributed by atoms with Crippen molar-refractivity contribution in [2.75, 3.05) is 12.4 Å². The Kier molecular flexibility index (Phi) is 4.14. The third-order valence-corrected chi connectivity index (χ3v) is 4.25. The second kappa shape index (κ2) is 5.92. The Labute approximate surface area is 134 Å². The highest BCUT2D eigenvalue weighted by Gasteiger charge is 2.24. The van der Waals surface area contributed by atoms with Crippen LogP contribution in [0.15, 0.2) is 0 Å². The van der Waals surface area contributed by atoms with Gasteiger partial charge in [0.2, 0.25) is 5.13 Å². The van der Waals surface area contributed by atoms with Crippen molar-refractivity contribution in [3.05, 3.63) is 17.5 Å². The van der Waals surface area contributed by atoms with E-state index in [0.29, 0.717) is 12.6 Å².